The summed E-state index contributed by atoms with van der Waals surface area (Å²) in [5, 5.41) is 15.5. The molecule has 0 bridgehead atoms. The first-order valence-corrected chi connectivity index (χ1v) is 11.6. The molecule has 170 valence electrons. The highest BCUT2D eigenvalue weighted by atomic mass is 35.5. The number of halogens is 2. The summed E-state index contributed by atoms with van der Waals surface area (Å²) >= 11 is 13.1. The quantitative estimate of drug-likeness (QED) is 0.462. The van der Waals surface area contributed by atoms with Gasteiger partial charge in [0.05, 0.1) is 41.9 Å². The first-order chi connectivity index (χ1) is 15.5. The number of aromatic nitrogens is 2. The van der Waals surface area contributed by atoms with Crippen LogP contribution in [0.1, 0.15) is 38.5 Å². The zero-order valence-electron chi connectivity index (χ0n) is 18.2. The number of nitrogens with zero attached hydrogens (tertiary/aromatic N) is 2. The summed E-state index contributed by atoms with van der Waals surface area (Å²) in [5.41, 5.74) is 2.23. The average molecular weight is 476 g/mol. The smallest absolute Gasteiger partial charge is 0.223 e. The van der Waals surface area contributed by atoms with Crippen LogP contribution in [0.5, 0.6) is 11.5 Å². The maximum atomic E-state index is 10.5. The number of hydrogen-bond donors (Lipinski definition) is 2. The van der Waals surface area contributed by atoms with Crippen LogP contribution in [0.2, 0.25) is 10.0 Å². The lowest BCUT2D eigenvalue weighted by molar-refractivity contribution is 0.128. The van der Waals surface area contributed by atoms with Crippen LogP contribution in [-0.4, -0.2) is 41.4 Å². The largest absolute Gasteiger partial charge is 0.495 e. The molecule has 2 atom stereocenters. The molecule has 0 aliphatic heterocycles. The zero-order chi connectivity index (χ0) is 22.7. The molecule has 1 aliphatic rings. The predicted octanol–water partition coefficient (Wildman–Crippen LogP) is 6.12. The fourth-order valence-electron chi connectivity index (χ4n) is 4.20. The number of anilines is 1. The van der Waals surface area contributed by atoms with E-state index >= 15 is 0 Å². The van der Waals surface area contributed by atoms with Gasteiger partial charge in [0.2, 0.25) is 5.95 Å². The van der Waals surface area contributed by atoms with Crippen LogP contribution >= 0.6 is 23.2 Å². The van der Waals surface area contributed by atoms with E-state index in [1.54, 1.807) is 26.5 Å². The normalized spacial score (nSPS) is 19.3. The van der Waals surface area contributed by atoms with Gasteiger partial charge in [-0.15, -0.1) is 0 Å². The summed E-state index contributed by atoms with van der Waals surface area (Å²) in [4.78, 5) is 9.14. The van der Waals surface area contributed by atoms with Gasteiger partial charge in [-0.05, 0) is 30.5 Å². The Labute approximate surface area is 197 Å². The molecule has 6 nitrogen and oxygen atoms in total. The van der Waals surface area contributed by atoms with Crippen molar-refractivity contribution in [1.82, 2.24) is 9.97 Å². The van der Waals surface area contributed by atoms with Crippen LogP contribution in [0.15, 0.2) is 30.5 Å². The first-order valence-electron chi connectivity index (χ1n) is 10.8. The minimum atomic E-state index is -0.385. The Bertz CT molecular complexity index is 1080. The molecule has 0 amide bonds. The van der Waals surface area contributed by atoms with Crippen LogP contribution in [0.4, 0.5) is 5.95 Å². The Morgan fingerprint density at radius 2 is 1.66 bits per heavy atom. The third-order valence-electron chi connectivity index (χ3n) is 5.99. The van der Waals surface area contributed by atoms with Crippen molar-refractivity contribution in [2.75, 3.05) is 19.5 Å². The van der Waals surface area contributed by atoms with Gasteiger partial charge in [-0.1, -0.05) is 55.0 Å². The Kier molecular flexibility index (Phi) is 7.23. The number of benzene rings is 2. The highest BCUT2D eigenvalue weighted by Crippen LogP contribution is 2.46. The molecule has 2 N–H and O–H groups in total. The van der Waals surface area contributed by atoms with Crippen molar-refractivity contribution in [2.24, 2.45) is 0 Å². The van der Waals surface area contributed by atoms with Gasteiger partial charge in [0, 0.05) is 23.2 Å². The maximum absolute atomic E-state index is 10.5. The summed E-state index contributed by atoms with van der Waals surface area (Å²) in [6, 6.07) is 7.39. The lowest BCUT2D eigenvalue weighted by atomic mass is 9.94. The molecule has 1 aliphatic carbocycles. The summed E-state index contributed by atoms with van der Waals surface area (Å²) in [7, 11) is 3.10. The highest BCUT2D eigenvalue weighted by molar-refractivity contribution is 6.41. The van der Waals surface area contributed by atoms with E-state index in [2.05, 4.69) is 15.3 Å². The highest BCUT2D eigenvalue weighted by Gasteiger charge is 2.22. The van der Waals surface area contributed by atoms with E-state index in [0.29, 0.717) is 33.1 Å². The second kappa shape index (κ2) is 10.1. The molecule has 0 spiro atoms. The lowest BCUT2D eigenvalue weighted by Gasteiger charge is -2.26. The lowest BCUT2D eigenvalue weighted by Crippen LogP contribution is -2.35. The number of methoxy groups -OCH3 is 2. The third-order valence-corrected chi connectivity index (χ3v) is 6.74. The number of rotatable bonds is 5. The van der Waals surface area contributed by atoms with Crippen molar-refractivity contribution in [3.05, 3.63) is 40.5 Å². The number of fused-ring (bicyclic) bond motifs is 1. The number of hydrogen-bond acceptors (Lipinski definition) is 6. The number of ether oxygens (including phenoxy) is 2. The van der Waals surface area contributed by atoms with E-state index in [1.807, 2.05) is 18.2 Å². The molecule has 1 fully saturated rings. The standard InChI is InChI=1S/C24H27Cl2N3O3/c1-31-19-12-20(32-2)23(26)21(22(19)25)14-9-10-16-15(11-14)13-27-24(28-16)29-17-7-5-3-4-6-8-18(17)30/h9-13,17-18,30H,3-8H2,1-2H3,(H,27,28,29)/t17?,18-/m1/s1. The molecule has 1 aromatic heterocycles. The molecule has 0 radical (unpaired) electrons. The van der Waals surface area contributed by atoms with E-state index in [-0.39, 0.29) is 12.1 Å². The Hall–Kier alpha value is -2.28. The van der Waals surface area contributed by atoms with Gasteiger partial charge in [0.25, 0.3) is 0 Å². The zero-order valence-corrected chi connectivity index (χ0v) is 19.7. The molecule has 32 heavy (non-hydrogen) atoms. The van der Waals surface area contributed by atoms with Crippen molar-refractivity contribution in [3.63, 3.8) is 0 Å². The van der Waals surface area contributed by atoms with E-state index in [0.717, 1.165) is 42.1 Å². The fourth-order valence-corrected chi connectivity index (χ4v) is 4.92. The van der Waals surface area contributed by atoms with Gasteiger partial charge >= 0.3 is 0 Å². The Balaban J connectivity index is 1.65. The molecule has 2 aromatic carbocycles. The van der Waals surface area contributed by atoms with Crippen molar-refractivity contribution < 1.29 is 14.6 Å². The SMILES string of the molecule is COc1cc(OC)c(Cl)c(-c2ccc3nc(NC4CCCCCC[C@H]4O)ncc3c2)c1Cl. The van der Waals surface area contributed by atoms with Crippen molar-refractivity contribution in [2.45, 2.75) is 50.7 Å². The monoisotopic (exact) mass is 475 g/mol. The van der Waals surface area contributed by atoms with E-state index in [1.165, 1.54) is 12.8 Å². The topological polar surface area (TPSA) is 76.5 Å². The van der Waals surface area contributed by atoms with Crippen molar-refractivity contribution >= 4 is 40.1 Å². The first kappa shape index (κ1) is 22.9. The molecule has 1 unspecified atom stereocenters. The summed E-state index contributed by atoms with van der Waals surface area (Å²) in [6.45, 7) is 0. The summed E-state index contributed by atoms with van der Waals surface area (Å²) < 4.78 is 10.8. The molecule has 8 heteroatoms. The minimum Gasteiger partial charge on any atom is -0.495 e. The predicted molar refractivity (Wildman–Crippen MR) is 129 cm³/mol. The van der Waals surface area contributed by atoms with Gasteiger partial charge in [-0.2, -0.15) is 0 Å². The molecule has 4 rings (SSSR count). The van der Waals surface area contributed by atoms with Crippen LogP contribution < -0.4 is 14.8 Å². The van der Waals surface area contributed by atoms with Gasteiger partial charge in [0.1, 0.15) is 11.5 Å². The van der Waals surface area contributed by atoms with Gasteiger partial charge in [0.15, 0.2) is 0 Å². The number of aliphatic hydroxyl groups is 1. The second-order valence-electron chi connectivity index (χ2n) is 8.06. The minimum absolute atomic E-state index is 0.0334. The number of aliphatic hydroxyl groups excluding tert-OH is 1. The number of nitrogens with one attached hydrogen (secondary N) is 1. The molecule has 1 heterocycles. The van der Waals surface area contributed by atoms with Crippen molar-refractivity contribution in [1.29, 1.82) is 0 Å². The molecule has 3 aromatic rings. The van der Waals surface area contributed by atoms with Crippen LogP contribution in [-0.2, 0) is 0 Å². The van der Waals surface area contributed by atoms with E-state index < -0.39 is 0 Å². The van der Waals surface area contributed by atoms with Gasteiger partial charge in [-0.25, -0.2) is 9.97 Å². The van der Waals surface area contributed by atoms with Crippen LogP contribution in [0, 0.1) is 0 Å². The Morgan fingerprint density at radius 3 is 2.34 bits per heavy atom. The average Bonchev–Trinajstić information content (AvgIpc) is 2.79. The van der Waals surface area contributed by atoms with E-state index in [9.17, 15) is 5.11 Å². The van der Waals surface area contributed by atoms with Crippen LogP contribution in [0.25, 0.3) is 22.0 Å². The maximum Gasteiger partial charge on any atom is 0.223 e. The van der Waals surface area contributed by atoms with Gasteiger partial charge in [-0.3, -0.25) is 0 Å². The third kappa shape index (κ3) is 4.72. The summed E-state index contributed by atoms with van der Waals surface area (Å²) in [5.74, 6) is 1.49. The second-order valence-corrected chi connectivity index (χ2v) is 8.82. The molecular formula is C24H27Cl2N3O3. The molecule has 1 saturated carbocycles. The Morgan fingerprint density at radius 1 is 0.969 bits per heavy atom. The fraction of sp³-hybridized carbons (Fsp3) is 0.417. The van der Waals surface area contributed by atoms with Gasteiger partial charge < -0.3 is 19.9 Å². The van der Waals surface area contributed by atoms with Crippen LogP contribution in [0.3, 0.4) is 0 Å². The summed E-state index contributed by atoms with van der Waals surface area (Å²) in [6.07, 6.45) is 7.64. The molecular weight excluding hydrogens is 449 g/mol. The van der Waals surface area contributed by atoms with Crippen molar-refractivity contribution in [3.8, 4) is 22.6 Å². The van der Waals surface area contributed by atoms with E-state index in [4.69, 9.17) is 32.7 Å². The molecule has 0 saturated heterocycles.